The minimum Gasteiger partial charge on any atom is -0.493 e. The van der Waals surface area contributed by atoms with Crippen LogP contribution in [0.15, 0.2) is 18.2 Å². The van der Waals surface area contributed by atoms with Crippen molar-refractivity contribution in [2.24, 2.45) is 5.92 Å². The quantitative estimate of drug-likeness (QED) is 0.576. The summed E-state index contributed by atoms with van der Waals surface area (Å²) in [4.78, 5) is 29.9. The molecule has 4 rings (SSSR count). The average molecular weight is 478 g/mol. The monoisotopic (exact) mass is 477 g/mol. The first-order valence-corrected chi connectivity index (χ1v) is 12.9. The molecule has 0 aromatic heterocycles. The summed E-state index contributed by atoms with van der Waals surface area (Å²) in [5, 5.41) is 3.20. The van der Waals surface area contributed by atoms with Gasteiger partial charge in [-0.3, -0.25) is 14.5 Å². The van der Waals surface area contributed by atoms with Crippen LogP contribution in [0, 0.1) is 5.92 Å². The van der Waals surface area contributed by atoms with Crippen LogP contribution < -0.4 is 14.8 Å². The summed E-state index contributed by atoms with van der Waals surface area (Å²) in [6, 6.07) is 5.80. The summed E-state index contributed by atoms with van der Waals surface area (Å²) in [5.41, 5.74) is 1.08. The molecule has 2 atom stereocenters. The molecule has 3 aliphatic rings. The number of ether oxygens (including phenoxy) is 3. The number of likely N-dealkylation sites (tertiary alicyclic amines) is 1. The van der Waals surface area contributed by atoms with Crippen LogP contribution in [0.4, 0.5) is 0 Å². The van der Waals surface area contributed by atoms with Gasteiger partial charge in [0, 0.05) is 50.4 Å². The highest BCUT2D eigenvalue weighted by Gasteiger charge is 2.42. The number of carbonyl (C=O) groups is 2. The number of thioether (sulfide) groups is 1. The summed E-state index contributed by atoms with van der Waals surface area (Å²) in [7, 11) is 3.22. The number of carbonyl (C=O) groups excluding carboxylic acids is 2. The molecule has 8 nitrogen and oxygen atoms in total. The van der Waals surface area contributed by atoms with Crippen LogP contribution in [0.1, 0.15) is 18.4 Å². The van der Waals surface area contributed by atoms with Gasteiger partial charge < -0.3 is 24.4 Å². The molecule has 9 heteroatoms. The van der Waals surface area contributed by atoms with Crippen LogP contribution in [-0.2, 0) is 20.7 Å². The third-order valence-electron chi connectivity index (χ3n) is 7.06. The van der Waals surface area contributed by atoms with Gasteiger partial charge in [0.05, 0.1) is 33.4 Å². The van der Waals surface area contributed by atoms with Gasteiger partial charge in [-0.05, 0) is 36.3 Å². The molecular weight excluding hydrogens is 442 g/mol. The van der Waals surface area contributed by atoms with Gasteiger partial charge in [-0.15, -0.1) is 0 Å². The number of rotatable bonds is 9. The van der Waals surface area contributed by atoms with Gasteiger partial charge in [-0.1, -0.05) is 6.07 Å². The summed E-state index contributed by atoms with van der Waals surface area (Å²) in [6.45, 7) is 5.07. The number of methoxy groups -OCH3 is 2. The zero-order valence-electron chi connectivity index (χ0n) is 19.6. The lowest BCUT2D eigenvalue weighted by Crippen LogP contribution is -2.59. The van der Waals surface area contributed by atoms with Crippen LogP contribution in [-0.4, -0.2) is 98.8 Å². The second kappa shape index (κ2) is 11.0. The molecule has 33 heavy (non-hydrogen) atoms. The predicted molar refractivity (Wildman–Crippen MR) is 128 cm³/mol. The maximum atomic E-state index is 13.0. The first-order chi connectivity index (χ1) is 16.0. The van der Waals surface area contributed by atoms with Crippen molar-refractivity contribution < 1.29 is 23.8 Å². The Morgan fingerprint density at radius 3 is 2.73 bits per heavy atom. The molecule has 1 aromatic carbocycles. The van der Waals surface area contributed by atoms with E-state index in [9.17, 15) is 9.59 Å². The van der Waals surface area contributed by atoms with Gasteiger partial charge in [-0.25, -0.2) is 0 Å². The highest BCUT2D eigenvalue weighted by Crippen LogP contribution is 2.34. The topological polar surface area (TPSA) is 80.3 Å². The standard InChI is InChI=1S/C24H35N3O5S/c1-30-20-4-3-18(13-21(20)31-2)5-7-26-15-19(14-22(26)28)23(29)25-16-24(6-12-33-17-24)27-8-10-32-11-9-27/h3-4,13,19H,5-12,14-17H2,1-2H3,(H,25,29). The van der Waals surface area contributed by atoms with Crippen LogP contribution in [0.3, 0.4) is 0 Å². The number of morpholine rings is 1. The molecule has 1 aromatic rings. The second-order valence-corrected chi connectivity index (χ2v) is 10.1. The van der Waals surface area contributed by atoms with Crippen LogP contribution in [0.25, 0.3) is 0 Å². The van der Waals surface area contributed by atoms with Gasteiger partial charge in [0.15, 0.2) is 11.5 Å². The summed E-state index contributed by atoms with van der Waals surface area (Å²) < 4.78 is 16.2. The second-order valence-electron chi connectivity index (χ2n) is 9.02. The van der Waals surface area contributed by atoms with Crippen LogP contribution >= 0.6 is 11.8 Å². The van der Waals surface area contributed by atoms with Crippen LogP contribution in [0.5, 0.6) is 11.5 Å². The fourth-order valence-electron chi connectivity index (χ4n) is 4.99. The number of nitrogens with zero attached hydrogens (tertiary/aromatic N) is 2. The average Bonchev–Trinajstić information content (AvgIpc) is 3.49. The van der Waals surface area contributed by atoms with Gasteiger partial charge in [-0.2, -0.15) is 11.8 Å². The van der Waals surface area contributed by atoms with E-state index >= 15 is 0 Å². The van der Waals surface area contributed by atoms with E-state index in [-0.39, 0.29) is 29.7 Å². The minimum atomic E-state index is -0.279. The van der Waals surface area contributed by atoms with E-state index in [1.807, 2.05) is 34.9 Å². The Bertz CT molecular complexity index is 839. The number of amides is 2. The molecule has 0 saturated carbocycles. The zero-order valence-corrected chi connectivity index (χ0v) is 20.5. The van der Waals surface area contributed by atoms with Crippen molar-refractivity contribution in [1.29, 1.82) is 0 Å². The van der Waals surface area contributed by atoms with Gasteiger partial charge >= 0.3 is 0 Å². The van der Waals surface area contributed by atoms with E-state index in [0.717, 1.165) is 49.8 Å². The van der Waals surface area contributed by atoms with Crippen molar-refractivity contribution in [3.05, 3.63) is 23.8 Å². The summed E-state index contributed by atoms with van der Waals surface area (Å²) >= 11 is 1.96. The Hall–Kier alpha value is -1.97. The highest BCUT2D eigenvalue weighted by molar-refractivity contribution is 7.99. The molecule has 3 fully saturated rings. The lowest BCUT2D eigenvalue weighted by atomic mass is 9.95. The van der Waals surface area contributed by atoms with Gasteiger partial charge in [0.25, 0.3) is 0 Å². The zero-order chi connectivity index (χ0) is 23.3. The SMILES string of the molecule is COc1ccc(CCN2CC(C(=O)NCC3(N4CCOCC4)CCSC3)CC2=O)cc1OC. The molecule has 0 radical (unpaired) electrons. The van der Waals surface area contributed by atoms with E-state index in [1.54, 1.807) is 14.2 Å². The molecular formula is C24H35N3O5S. The Labute approximate surface area is 200 Å². The molecule has 2 unspecified atom stereocenters. The predicted octanol–water partition coefficient (Wildman–Crippen LogP) is 1.42. The number of benzene rings is 1. The summed E-state index contributed by atoms with van der Waals surface area (Å²) in [6.07, 6.45) is 2.08. The molecule has 2 amide bonds. The van der Waals surface area contributed by atoms with Crippen LogP contribution in [0.2, 0.25) is 0 Å². The fourth-order valence-corrected chi connectivity index (χ4v) is 6.47. The molecule has 3 aliphatic heterocycles. The van der Waals surface area contributed by atoms with Gasteiger partial charge in [0.2, 0.25) is 11.8 Å². The molecule has 1 N–H and O–H groups in total. The van der Waals surface area contributed by atoms with E-state index in [2.05, 4.69) is 10.2 Å². The Morgan fingerprint density at radius 1 is 1.24 bits per heavy atom. The highest BCUT2D eigenvalue weighted by atomic mass is 32.2. The van der Waals surface area contributed by atoms with E-state index in [1.165, 1.54) is 0 Å². The molecule has 3 heterocycles. The third kappa shape index (κ3) is 5.58. The van der Waals surface area contributed by atoms with Crippen molar-refractivity contribution in [1.82, 2.24) is 15.1 Å². The normalized spacial score (nSPS) is 25.9. The number of hydrogen-bond donors (Lipinski definition) is 1. The van der Waals surface area contributed by atoms with Crippen molar-refractivity contribution in [2.45, 2.75) is 24.8 Å². The largest absolute Gasteiger partial charge is 0.493 e. The molecule has 3 saturated heterocycles. The third-order valence-corrected chi connectivity index (χ3v) is 8.29. The fraction of sp³-hybridized carbons (Fsp3) is 0.667. The Morgan fingerprint density at radius 2 is 2.03 bits per heavy atom. The van der Waals surface area contributed by atoms with Crippen molar-refractivity contribution in [2.75, 3.05) is 71.7 Å². The van der Waals surface area contributed by atoms with Crippen molar-refractivity contribution in [3.8, 4) is 11.5 Å². The molecule has 0 spiro atoms. The Kier molecular flexibility index (Phi) is 8.03. The van der Waals surface area contributed by atoms with E-state index < -0.39 is 0 Å². The molecule has 182 valence electrons. The first kappa shape index (κ1) is 24.2. The first-order valence-electron chi connectivity index (χ1n) is 11.7. The lowest BCUT2D eigenvalue weighted by molar-refractivity contribution is -0.129. The van der Waals surface area contributed by atoms with E-state index in [4.69, 9.17) is 14.2 Å². The van der Waals surface area contributed by atoms with Crippen molar-refractivity contribution >= 4 is 23.6 Å². The Balaban J connectivity index is 1.29. The smallest absolute Gasteiger partial charge is 0.225 e. The number of hydrogen-bond acceptors (Lipinski definition) is 7. The maximum absolute atomic E-state index is 13.0. The lowest BCUT2D eigenvalue weighted by Gasteiger charge is -2.43. The van der Waals surface area contributed by atoms with Crippen molar-refractivity contribution in [3.63, 3.8) is 0 Å². The van der Waals surface area contributed by atoms with Gasteiger partial charge in [0.1, 0.15) is 0 Å². The summed E-state index contributed by atoms with van der Waals surface area (Å²) in [5.74, 6) is 3.30. The van der Waals surface area contributed by atoms with E-state index in [0.29, 0.717) is 37.6 Å². The number of nitrogens with one attached hydrogen (secondary N) is 1. The molecule has 0 aliphatic carbocycles. The molecule has 0 bridgehead atoms. The maximum Gasteiger partial charge on any atom is 0.225 e. The minimum absolute atomic E-state index is 0.00139.